The Labute approximate surface area is 159 Å². The summed E-state index contributed by atoms with van der Waals surface area (Å²) in [6, 6.07) is 17.6. The Balaban J connectivity index is 1.62. The molecule has 0 aliphatic rings. The molecule has 0 bridgehead atoms. The van der Waals surface area contributed by atoms with Gasteiger partial charge in [-0.3, -0.25) is 14.6 Å². The molecular formula is C22H23N3O2. The third-order valence-corrected chi connectivity index (χ3v) is 4.45. The molecule has 0 radical (unpaired) electrons. The summed E-state index contributed by atoms with van der Waals surface area (Å²) < 4.78 is 0. The minimum absolute atomic E-state index is 0.0461. The van der Waals surface area contributed by atoms with Crippen molar-refractivity contribution in [1.82, 2.24) is 9.88 Å². The first-order chi connectivity index (χ1) is 13.0. The predicted octanol–water partition coefficient (Wildman–Crippen LogP) is 3.92. The van der Waals surface area contributed by atoms with Crippen LogP contribution < -0.4 is 5.32 Å². The van der Waals surface area contributed by atoms with Crippen LogP contribution in [0.3, 0.4) is 0 Å². The number of hydrogen-bond donors (Lipinski definition) is 1. The molecular weight excluding hydrogens is 338 g/mol. The van der Waals surface area contributed by atoms with Crippen molar-refractivity contribution in [2.45, 2.75) is 26.8 Å². The normalized spacial score (nSPS) is 10.6. The van der Waals surface area contributed by atoms with Gasteiger partial charge in [-0.2, -0.15) is 0 Å². The average Bonchev–Trinajstić information content (AvgIpc) is 2.66. The van der Waals surface area contributed by atoms with E-state index in [9.17, 15) is 9.59 Å². The van der Waals surface area contributed by atoms with E-state index in [1.54, 1.807) is 11.1 Å². The van der Waals surface area contributed by atoms with Gasteiger partial charge in [0, 0.05) is 38.0 Å². The number of para-hydroxylation sites is 1. The summed E-state index contributed by atoms with van der Waals surface area (Å²) in [5.74, 6) is -0.182. The number of carbonyl (C=O) groups excluding carboxylic acids is 2. The highest BCUT2D eigenvalue weighted by Gasteiger charge is 2.13. The summed E-state index contributed by atoms with van der Waals surface area (Å²) in [5, 5.41) is 3.88. The van der Waals surface area contributed by atoms with E-state index in [1.807, 2.05) is 61.5 Å². The van der Waals surface area contributed by atoms with Gasteiger partial charge in [-0.1, -0.05) is 48.0 Å². The van der Waals surface area contributed by atoms with E-state index >= 15 is 0 Å². The lowest BCUT2D eigenvalue weighted by Crippen LogP contribution is -2.31. The number of pyridine rings is 1. The number of rotatable bonds is 6. The zero-order valence-electron chi connectivity index (χ0n) is 15.6. The minimum atomic E-state index is -0.136. The summed E-state index contributed by atoms with van der Waals surface area (Å²) in [5.41, 5.74) is 3.67. The van der Waals surface area contributed by atoms with Gasteiger partial charge in [-0.25, -0.2) is 0 Å². The number of nitrogens with one attached hydrogen (secondary N) is 1. The van der Waals surface area contributed by atoms with Gasteiger partial charge in [0.15, 0.2) is 0 Å². The molecule has 1 heterocycles. The molecule has 0 spiro atoms. The number of fused-ring (bicyclic) bond motifs is 1. The lowest BCUT2D eigenvalue weighted by Gasteiger charge is -2.21. The maximum atomic E-state index is 12.4. The van der Waals surface area contributed by atoms with E-state index in [-0.39, 0.29) is 18.2 Å². The molecule has 3 rings (SSSR count). The Kier molecular flexibility index (Phi) is 5.81. The molecule has 5 heteroatoms. The van der Waals surface area contributed by atoms with Gasteiger partial charge in [0.2, 0.25) is 11.8 Å². The number of hydrogen-bond acceptors (Lipinski definition) is 3. The number of benzene rings is 2. The molecule has 3 aromatic rings. The third kappa shape index (κ3) is 4.91. The molecule has 0 aliphatic heterocycles. The Bertz CT molecular complexity index is 946. The minimum Gasteiger partial charge on any atom is -0.338 e. The van der Waals surface area contributed by atoms with Crippen molar-refractivity contribution in [2.75, 3.05) is 11.9 Å². The molecule has 1 aromatic heterocycles. The van der Waals surface area contributed by atoms with Crippen LogP contribution in [0.4, 0.5) is 5.69 Å². The second-order valence-electron chi connectivity index (χ2n) is 6.61. The first-order valence-electron chi connectivity index (χ1n) is 8.97. The SMILES string of the molecule is CC(=O)N(CCC(=O)Nc1cccc2cccnc12)Cc1ccc(C)cc1. The first-order valence-corrected chi connectivity index (χ1v) is 8.97. The Morgan fingerprint density at radius 3 is 2.52 bits per heavy atom. The van der Waals surface area contributed by atoms with Gasteiger partial charge >= 0.3 is 0 Å². The number of anilines is 1. The van der Waals surface area contributed by atoms with Crippen LogP contribution in [0.15, 0.2) is 60.8 Å². The van der Waals surface area contributed by atoms with Gasteiger partial charge in [-0.15, -0.1) is 0 Å². The van der Waals surface area contributed by atoms with Crippen molar-refractivity contribution < 1.29 is 9.59 Å². The molecule has 0 aliphatic carbocycles. The third-order valence-electron chi connectivity index (χ3n) is 4.45. The maximum absolute atomic E-state index is 12.4. The Morgan fingerprint density at radius 1 is 1.04 bits per heavy atom. The summed E-state index contributed by atoms with van der Waals surface area (Å²) in [6.45, 7) is 4.42. The average molecular weight is 361 g/mol. The Hall–Kier alpha value is -3.21. The number of amides is 2. The summed E-state index contributed by atoms with van der Waals surface area (Å²) in [7, 11) is 0. The summed E-state index contributed by atoms with van der Waals surface area (Å²) in [6.07, 6.45) is 1.94. The van der Waals surface area contributed by atoms with Crippen LogP contribution in [0.25, 0.3) is 10.9 Å². The van der Waals surface area contributed by atoms with E-state index in [4.69, 9.17) is 0 Å². The number of nitrogens with zero attached hydrogens (tertiary/aromatic N) is 2. The van der Waals surface area contributed by atoms with E-state index in [2.05, 4.69) is 10.3 Å². The van der Waals surface area contributed by atoms with Crippen LogP contribution in [-0.4, -0.2) is 28.2 Å². The molecule has 138 valence electrons. The Morgan fingerprint density at radius 2 is 1.78 bits per heavy atom. The summed E-state index contributed by atoms with van der Waals surface area (Å²) >= 11 is 0. The molecule has 2 aromatic carbocycles. The van der Waals surface area contributed by atoms with Crippen LogP contribution in [0.2, 0.25) is 0 Å². The number of carbonyl (C=O) groups is 2. The second kappa shape index (κ2) is 8.45. The van der Waals surface area contributed by atoms with Gasteiger partial charge in [0.1, 0.15) is 0 Å². The van der Waals surface area contributed by atoms with Crippen molar-refractivity contribution in [3.63, 3.8) is 0 Å². The molecule has 2 amide bonds. The highest BCUT2D eigenvalue weighted by Crippen LogP contribution is 2.20. The highest BCUT2D eigenvalue weighted by molar-refractivity contribution is 6.00. The standard InChI is InChI=1S/C22H23N3O2/c1-16-8-10-18(11-9-16)15-25(17(2)26)14-12-21(27)24-20-7-3-5-19-6-4-13-23-22(19)20/h3-11,13H,12,14-15H2,1-2H3,(H,24,27). The van der Waals surface area contributed by atoms with E-state index in [0.717, 1.165) is 16.5 Å². The molecule has 0 saturated heterocycles. The molecule has 0 saturated carbocycles. The first kappa shape index (κ1) is 18.6. The van der Waals surface area contributed by atoms with E-state index < -0.39 is 0 Å². The van der Waals surface area contributed by atoms with E-state index in [0.29, 0.717) is 18.8 Å². The van der Waals surface area contributed by atoms with Gasteiger partial charge in [0.05, 0.1) is 11.2 Å². The van der Waals surface area contributed by atoms with Crippen LogP contribution in [0.1, 0.15) is 24.5 Å². The zero-order valence-corrected chi connectivity index (χ0v) is 15.6. The van der Waals surface area contributed by atoms with Crippen molar-refractivity contribution in [3.8, 4) is 0 Å². The highest BCUT2D eigenvalue weighted by atomic mass is 16.2. The summed E-state index contributed by atoms with van der Waals surface area (Å²) in [4.78, 5) is 30.4. The zero-order chi connectivity index (χ0) is 19.2. The van der Waals surface area contributed by atoms with Crippen molar-refractivity contribution in [1.29, 1.82) is 0 Å². The van der Waals surface area contributed by atoms with Crippen LogP contribution in [0.5, 0.6) is 0 Å². The van der Waals surface area contributed by atoms with Crippen molar-refractivity contribution in [2.24, 2.45) is 0 Å². The molecule has 0 atom stereocenters. The van der Waals surface area contributed by atoms with Crippen molar-refractivity contribution >= 4 is 28.4 Å². The smallest absolute Gasteiger partial charge is 0.226 e. The molecule has 5 nitrogen and oxygen atoms in total. The fourth-order valence-electron chi connectivity index (χ4n) is 2.92. The second-order valence-corrected chi connectivity index (χ2v) is 6.61. The van der Waals surface area contributed by atoms with Gasteiger partial charge < -0.3 is 10.2 Å². The quantitative estimate of drug-likeness (QED) is 0.724. The molecule has 0 unspecified atom stereocenters. The maximum Gasteiger partial charge on any atom is 0.226 e. The fraction of sp³-hybridized carbons (Fsp3) is 0.227. The number of aromatic nitrogens is 1. The van der Waals surface area contributed by atoms with E-state index in [1.165, 1.54) is 12.5 Å². The largest absolute Gasteiger partial charge is 0.338 e. The molecule has 27 heavy (non-hydrogen) atoms. The van der Waals surface area contributed by atoms with Gasteiger partial charge in [-0.05, 0) is 24.6 Å². The van der Waals surface area contributed by atoms with Crippen molar-refractivity contribution in [3.05, 3.63) is 71.9 Å². The van der Waals surface area contributed by atoms with Crippen LogP contribution in [0, 0.1) is 6.92 Å². The molecule has 0 fully saturated rings. The lowest BCUT2D eigenvalue weighted by atomic mass is 10.1. The fourth-order valence-corrected chi connectivity index (χ4v) is 2.92. The topological polar surface area (TPSA) is 62.3 Å². The van der Waals surface area contributed by atoms with Crippen LogP contribution in [-0.2, 0) is 16.1 Å². The van der Waals surface area contributed by atoms with Gasteiger partial charge in [0.25, 0.3) is 0 Å². The monoisotopic (exact) mass is 361 g/mol. The number of aryl methyl sites for hydroxylation is 1. The predicted molar refractivity (Wildman–Crippen MR) is 107 cm³/mol. The van der Waals surface area contributed by atoms with Crippen LogP contribution >= 0.6 is 0 Å². The lowest BCUT2D eigenvalue weighted by molar-refractivity contribution is -0.129. The molecule has 1 N–H and O–H groups in total.